The normalized spacial score (nSPS) is 13.7. The van der Waals surface area contributed by atoms with Crippen LogP contribution in [0.15, 0.2) is 18.3 Å². The summed E-state index contributed by atoms with van der Waals surface area (Å²) in [4.78, 5) is 3.84. The van der Waals surface area contributed by atoms with Crippen LogP contribution in [0.2, 0.25) is 0 Å². The van der Waals surface area contributed by atoms with E-state index >= 15 is 0 Å². The van der Waals surface area contributed by atoms with Crippen LogP contribution in [0.5, 0.6) is 0 Å². The van der Waals surface area contributed by atoms with Crippen LogP contribution < -0.4 is 11.3 Å². The minimum absolute atomic E-state index is 0.0715. The molecule has 1 unspecified atom stereocenters. The molecule has 0 saturated heterocycles. The molecule has 1 heterocycles. The lowest BCUT2D eigenvalue weighted by Gasteiger charge is -2.14. The summed E-state index contributed by atoms with van der Waals surface area (Å²) in [5, 5.41) is 0. The molecule has 7 heteroatoms. The number of halogens is 1. The third kappa shape index (κ3) is 3.84. The third-order valence-electron chi connectivity index (χ3n) is 2.10. The number of hydrogen-bond donors (Lipinski definition) is 2. The quantitative estimate of drug-likeness (QED) is 0.572. The fraction of sp³-hybridized carbons (Fsp3) is 0.444. The maximum Gasteiger partial charge on any atom is 0.147 e. The van der Waals surface area contributed by atoms with Gasteiger partial charge in [0, 0.05) is 12.5 Å². The van der Waals surface area contributed by atoms with Crippen molar-refractivity contribution >= 4 is 9.84 Å². The second kappa shape index (κ2) is 5.33. The SMILES string of the molecule is CS(=O)(=O)CCC(NN)c1ncccc1F. The number of aromatic nitrogens is 1. The zero-order valence-corrected chi connectivity index (χ0v) is 9.67. The van der Waals surface area contributed by atoms with Crippen LogP contribution in [0.25, 0.3) is 0 Å². The smallest absolute Gasteiger partial charge is 0.147 e. The first kappa shape index (κ1) is 13.0. The number of pyridine rings is 1. The number of nitrogens with two attached hydrogens (primary N) is 1. The predicted octanol–water partition coefficient (Wildman–Crippen LogP) is 0.160. The molecule has 1 rings (SSSR count). The van der Waals surface area contributed by atoms with Crippen molar-refractivity contribution in [3.8, 4) is 0 Å². The zero-order valence-electron chi connectivity index (χ0n) is 8.85. The standard InChI is InChI=1S/C9H14FN3O2S/c1-16(14,15)6-4-8(13-11)9-7(10)3-2-5-12-9/h2-3,5,8,13H,4,6,11H2,1H3. The second-order valence-electron chi connectivity index (χ2n) is 3.51. The molecule has 0 spiro atoms. The van der Waals surface area contributed by atoms with Crippen LogP contribution in [0, 0.1) is 5.82 Å². The van der Waals surface area contributed by atoms with Crippen LogP contribution in [-0.4, -0.2) is 25.4 Å². The molecule has 0 radical (unpaired) electrons. The van der Waals surface area contributed by atoms with Crippen LogP contribution in [0.4, 0.5) is 4.39 Å². The van der Waals surface area contributed by atoms with E-state index in [-0.39, 0.29) is 17.9 Å². The van der Waals surface area contributed by atoms with Gasteiger partial charge in [0.2, 0.25) is 0 Å². The Morgan fingerprint density at radius 3 is 2.81 bits per heavy atom. The number of sulfone groups is 1. The lowest BCUT2D eigenvalue weighted by molar-refractivity contribution is 0.484. The molecule has 1 aromatic rings. The molecule has 3 N–H and O–H groups in total. The highest BCUT2D eigenvalue weighted by Crippen LogP contribution is 2.17. The molecule has 0 aliphatic heterocycles. The minimum atomic E-state index is -3.10. The molecule has 1 aromatic heterocycles. The van der Waals surface area contributed by atoms with Crippen molar-refractivity contribution in [3.05, 3.63) is 29.8 Å². The second-order valence-corrected chi connectivity index (χ2v) is 5.77. The van der Waals surface area contributed by atoms with Gasteiger partial charge in [-0.25, -0.2) is 12.8 Å². The fourth-order valence-corrected chi connectivity index (χ4v) is 1.95. The Morgan fingerprint density at radius 1 is 1.62 bits per heavy atom. The number of nitrogens with one attached hydrogen (secondary N) is 1. The van der Waals surface area contributed by atoms with Gasteiger partial charge in [0.25, 0.3) is 0 Å². The van der Waals surface area contributed by atoms with Gasteiger partial charge in [0.1, 0.15) is 15.7 Å². The van der Waals surface area contributed by atoms with Gasteiger partial charge in [-0.1, -0.05) is 0 Å². The Hall–Kier alpha value is -1.05. The Balaban J connectivity index is 2.79. The van der Waals surface area contributed by atoms with Crippen LogP contribution in [0.1, 0.15) is 18.2 Å². The number of hydrazine groups is 1. The molecular weight excluding hydrogens is 233 g/mol. The van der Waals surface area contributed by atoms with Crippen LogP contribution in [-0.2, 0) is 9.84 Å². The fourth-order valence-electron chi connectivity index (χ4n) is 1.29. The average Bonchev–Trinajstić information content (AvgIpc) is 2.20. The molecule has 0 amide bonds. The van der Waals surface area contributed by atoms with Gasteiger partial charge in [0.15, 0.2) is 0 Å². The lowest BCUT2D eigenvalue weighted by Crippen LogP contribution is -2.30. The number of nitrogens with zero attached hydrogens (tertiary/aromatic N) is 1. The summed E-state index contributed by atoms with van der Waals surface area (Å²) in [6.07, 6.45) is 2.74. The number of hydrogen-bond acceptors (Lipinski definition) is 5. The van der Waals surface area contributed by atoms with Crippen molar-refractivity contribution < 1.29 is 12.8 Å². The van der Waals surface area contributed by atoms with E-state index in [0.717, 1.165) is 6.26 Å². The van der Waals surface area contributed by atoms with Crippen molar-refractivity contribution in [3.63, 3.8) is 0 Å². The van der Waals surface area contributed by atoms with E-state index in [1.165, 1.54) is 18.3 Å². The Bertz CT molecular complexity index is 450. The summed E-state index contributed by atoms with van der Waals surface area (Å²) < 4.78 is 35.3. The minimum Gasteiger partial charge on any atom is -0.271 e. The van der Waals surface area contributed by atoms with E-state index in [1.807, 2.05) is 0 Å². The van der Waals surface area contributed by atoms with Crippen molar-refractivity contribution in [1.82, 2.24) is 10.4 Å². The molecule has 0 bridgehead atoms. The van der Waals surface area contributed by atoms with E-state index in [0.29, 0.717) is 0 Å². The van der Waals surface area contributed by atoms with Gasteiger partial charge in [-0.05, 0) is 18.6 Å². The highest BCUT2D eigenvalue weighted by Gasteiger charge is 2.17. The zero-order chi connectivity index (χ0) is 12.2. The van der Waals surface area contributed by atoms with Crippen LogP contribution in [0.3, 0.4) is 0 Å². The maximum atomic E-state index is 13.3. The number of rotatable bonds is 5. The Morgan fingerprint density at radius 2 is 2.31 bits per heavy atom. The largest absolute Gasteiger partial charge is 0.271 e. The third-order valence-corrected chi connectivity index (χ3v) is 3.07. The van der Waals surface area contributed by atoms with E-state index < -0.39 is 21.7 Å². The Kier molecular flexibility index (Phi) is 4.34. The predicted molar refractivity (Wildman–Crippen MR) is 58.6 cm³/mol. The Labute approximate surface area is 93.8 Å². The molecule has 0 fully saturated rings. The highest BCUT2D eigenvalue weighted by atomic mass is 32.2. The van der Waals surface area contributed by atoms with Gasteiger partial charge >= 0.3 is 0 Å². The van der Waals surface area contributed by atoms with Gasteiger partial charge in [-0.15, -0.1) is 0 Å². The van der Waals surface area contributed by atoms with E-state index in [1.54, 1.807) is 0 Å². The summed E-state index contributed by atoms with van der Waals surface area (Å²) >= 11 is 0. The van der Waals surface area contributed by atoms with E-state index in [2.05, 4.69) is 10.4 Å². The van der Waals surface area contributed by atoms with Gasteiger partial charge in [0.05, 0.1) is 17.5 Å². The molecule has 0 aliphatic carbocycles. The van der Waals surface area contributed by atoms with Gasteiger partial charge in [-0.3, -0.25) is 16.3 Å². The molecule has 5 nitrogen and oxygen atoms in total. The highest BCUT2D eigenvalue weighted by molar-refractivity contribution is 7.90. The summed E-state index contributed by atoms with van der Waals surface area (Å²) in [6.45, 7) is 0. The van der Waals surface area contributed by atoms with E-state index in [9.17, 15) is 12.8 Å². The van der Waals surface area contributed by atoms with Crippen molar-refractivity contribution in [2.75, 3.05) is 12.0 Å². The average molecular weight is 247 g/mol. The van der Waals surface area contributed by atoms with Gasteiger partial charge in [-0.2, -0.15) is 0 Å². The molecule has 1 atom stereocenters. The molecule has 16 heavy (non-hydrogen) atoms. The van der Waals surface area contributed by atoms with Gasteiger partial charge < -0.3 is 0 Å². The first-order valence-electron chi connectivity index (χ1n) is 4.68. The maximum absolute atomic E-state index is 13.3. The first-order chi connectivity index (χ1) is 7.44. The first-order valence-corrected chi connectivity index (χ1v) is 6.74. The summed E-state index contributed by atoms with van der Waals surface area (Å²) in [5.74, 6) is 4.68. The van der Waals surface area contributed by atoms with Crippen molar-refractivity contribution in [2.24, 2.45) is 5.84 Å². The summed E-state index contributed by atoms with van der Waals surface area (Å²) in [6, 6.07) is 2.12. The molecule has 90 valence electrons. The van der Waals surface area contributed by atoms with Crippen molar-refractivity contribution in [2.45, 2.75) is 12.5 Å². The lowest BCUT2D eigenvalue weighted by atomic mass is 10.1. The summed E-state index contributed by atoms with van der Waals surface area (Å²) in [7, 11) is -3.10. The molecule has 0 saturated carbocycles. The summed E-state index contributed by atoms with van der Waals surface area (Å²) in [5.41, 5.74) is 2.50. The molecule has 0 aliphatic rings. The molecular formula is C9H14FN3O2S. The topological polar surface area (TPSA) is 85.1 Å². The molecule has 0 aromatic carbocycles. The van der Waals surface area contributed by atoms with Crippen molar-refractivity contribution in [1.29, 1.82) is 0 Å². The van der Waals surface area contributed by atoms with E-state index in [4.69, 9.17) is 5.84 Å². The van der Waals surface area contributed by atoms with Crippen LogP contribution >= 0.6 is 0 Å². The monoisotopic (exact) mass is 247 g/mol.